The zero-order chi connectivity index (χ0) is 11.6. The number of esters is 1. The summed E-state index contributed by atoms with van der Waals surface area (Å²) in [7, 11) is 0. The van der Waals surface area contributed by atoms with Crippen LogP contribution in [0.5, 0.6) is 0 Å². The number of ether oxygens (including phenoxy) is 1. The Morgan fingerprint density at radius 3 is 2.69 bits per heavy atom. The van der Waals surface area contributed by atoms with Gasteiger partial charge < -0.3 is 10.1 Å². The van der Waals surface area contributed by atoms with Gasteiger partial charge in [-0.25, -0.2) is 0 Å². The average Bonchev–Trinajstić information content (AvgIpc) is 2.99. The Bertz CT molecular complexity index is 291. The van der Waals surface area contributed by atoms with Crippen LogP contribution in [0.1, 0.15) is 32.6 Å². The maximum absolute atomic E-state index is 12.2. The van der Waals surface area contributed by atoms with Crippen molar-refractivity contribution in [1.29, 1.82) is 0 Å². The van der Waals surface area contributed by atoms with Crippen LogP contribution in [0.3, 0.4) is 0 Å². The molecular weight excluding hydrogens is 206 g/mol. The van der Waals surface area contributed by atoms with Crippen molar-refractivity contribution in [2.75, 3.05) is 19.7 Å². The number of carbonyl (C=O) groups is 2. The van der Waals surface area contributed by atoms with Crippen molar-refractivity contribution in [3.63, 3.8) is 0 Å². The predicted molar refractivity (Wildman–Crippen MR) is 58.9 cm³/mol. The predicted octanol–water partition coefficient (Wildman–Crippen LogP) is 0.898. The minimum absolute atomic E-state index is 0.217. The molecule has 4 heteroatoms. The standard InChI is InChI=1S/C12H19NO3/c1-2-16-10(14)7-12(5-6-13-8-12)11(15)9-3-4-9/h9,13H,2-8H2,1H3/t12-/m1/s1. The fraction of sp³-hybridized carbons (Fsp3) is 0.833. The molecule has 4 nitrogen and oxygen atoms in total. The van der Waals surface area contributed by atoms with Crippen LogP contribution in [0.4, 0.5) is 0 Å². The SMILES string of the molecule is CCOC(=O)C[C@]1(C(=O)C2CC2)CCNC1. The average molecular weight is 225 g/mol. The molecule has 0 amide bonds. The van der Waals surface area contributed by atoms with Crippen LogP contribution in [0.25, 0.3) is 0 Å². The third-order valence-corrected chi connectivity index (χ3v) is 3.50. The lowest BCUT2D eigenvalue weighted by Gasteiger charge is -2.25. The lowest BCUT2D eigenvalue weighted by Crippen LogP contribution is -2.37. The monoisotopic (exact) mass is 225 g/mol. The fourth-order valence-electron chi connectivity index (χ4n) is 2.46. The molecular formula is C12H19NO3. The molecule has 1 N–H and O–H groups in total. The van der Waals surface area contributed by atoms with E-state index < -0.39 is 5.41 Å². The summed E-state index contributed by atoms with van der Waals surface area (Å²) in [6.45, 7) is 3.65. The van der Waals surface area contributed by atoms with E-state index in [9.17, 15) is 9.59 Å². The Morgan fingerprint density at radius 1 is 1.44 bits per heavy atom. The largest absolute Gasteiger partial charge is 0.466 e. The van der Waals surface area contributed by atoms with Gasteiger partial charge in [-0.3, -0.25) is 9.59 Å². The second-order valence-corrected chi connectivity index (χ2v) is 4.83. The quantitative estimate of drug-likeness (QED) is 0.706. The second-order valence-electron chi connectivity index (χ2n) is 4.83. The first kappa shape index (κ1) is 11.6. The highest BCUT2D eigenvalue weighted by Crippen LogP contribution is 2.42. The summed E-state index contributed by atoms with van der Waals surface area (Å²) < 4.78 is 4.96. The van der Waals surface area contributed by atoms with Crippen molar-refractivity contribution in [3.05, 3.63) is 0 Å². The normalized spacial score (nSPS) is 29.1. The molecule has 0 aromatic carbocycles. The second kappa shape index (κ2) is 4.53. The van der Waals surface area contributed by atoms with Crippen molar-refractivity contribution >= 4 is 11.8 Å². The molecule has 1 saturated carbocycles. The molecule has 1 aliphatic heterocycles. The van der Waals surface area contributed by atoms with E-state index in [1.807, 2.05) is 0 Å². The lowest BCUT2D eigenvalue weighted by molar-refractivity contribution is -0.149. The van der Waals surface area contributed by atoms with Gasteiger partial charge in [-0.05, 0) is 32.7 Å². The molecule has 0 bridgehead atoms. The van der Waals surface area contributed by atoms with Gasteiger partial charge in [0.1, 0.15) is 5.78 Å². The molecule has 0 aromatic rings. The first-order valence-corrected chi connectivity index (χ1v) is 6.08. The van der Waals surface area contributed by atoms with Crippen molar-refractivity contribution in [1.82, 2.24) is 5.32 Å². The maximum atomic E-state index is 12.2. The summed E-state index contributed by atoms with van der Waals surface area (Å²) >= 11 is 0. The minimum atomic E-state index is -0.465. The Morgan fingerprint density at radius 2 is 2.19 bits per heavy atom. The zero-order valence-corrected chi connectivity index (χ0v) is 9.75. The smallest absolute Gasteiger partial charge is 0.306 e. The Labute approximate surface area is 95.7 Å². The summed E-state index contributed by atoms with van der Waals surface area (Å²) in [5.41, 5.74) is -0.465. The third kappa shape index (κ3) is 2.26. The van der Waals surface area contributed by atoms with Gasteiger partial charge in [0.25, 0.3) is 0 Å². The highest BCUT2D eigenvalue weighted by atomic mass is 16.5. The van der Waals surface area contributed by atoms with E-state index in [0.717, 1.165) is 25.8 Å². The molecule has 2 aliphatic rings. The van der Waals surface area contributed by atoms with Crippen molar-refractivity contribution in [2.24, 2.45) is 11.3 Å². The number of Topliss-reactive ketones (excluding diaryl/α,β-unsaturated/α-hetero) is 1. The molecule has 2 fully saturated rings. The number of ketones is 1. The van der Waals surface area contributed by atoms with Crippen LogP contribution in [0.15, 0.2) is 0 Å². The summed E-state index contributed by atoms with van der Waals surface area (Å²) in [5, 5.41) is 3.20. The Hall–Kier alpha value is -0.900. The van der Waals surface area contributed by atoms with E-state index in [2.05, 4.69) is 5.32 Å². The molecule has 0 aromatic heterocycles. The van der Waals surface area contributed by atoms with Gasteiger partial charge in [0, 0.05) is 12.5 Å². The molecule has 0 unspecified atom stereocenters. The fourth-order valence-corrected chi connectivity index (χ4v) is 2.46. The highest BCUT2D eigenvalue weighted by molar-refractivity contribution is 5.92. The van der Waals surface area contributed by atoms with Crippen LogP contribution in [-0.4, -0.2) is 31.4 Å². The van der Waals surface area contributed by atoms with Gasteiger partial charge in [0.2, 0.25) is 0 Å². The molecule has 1 heterocycles. The molecule has 90 valence electrons. The van der Waals surface area contributed by atoms with Crippen LogP contribution >= 0.6 is 0 Å². The van der Waals surface area contributed by atoms with Gasteiger partial charge in [0.15, 0.2) is 0 Å². The van der Waals surface area contributed by atoms with Gasteiger partial charge in [-0.15, -0.1) is 0 Å². The zero-order valence-electron chi connectivity index (χ0n) is 9.75. The summed E-state index contributed by atoms with van der Waals surface area (Å²) in [4.78, 5) is 23.8. The molecule has 1 saturated heterocycles. The molecule has 2 rings (SSSR count). The number of carbonyl (C=O) groups excluding carboxylic acids is 2. The number of nitrogens with one attached hydrogen (secondary N) is 1. The summed E-state index contributed by atoms with van der Waals surface area (Å²) in [5.74, 6) is 0.264. The van der Waals surface area contributed by atoms with Crippen molar-refractivity contribution in [2.45, 2.75) is 32.6 Å². The van der Waals surface area contributed by atoms with Crippen molar-refractivity contribution < 1.29 is 14.3 Å². The number of hydrogen-bond acceptors (Lipinski definition) is 4. The molecule has 1 atom stereocenters. The van der Waals surface area contributed by atoms with Gasteiger partial charge >= 0.3 is 5.97 Å². The van der Waals surface area contributed by atoms with Crippen LogP contribution in [0.2, 0.25) is 0 Å². The highest BCUT2D eigenvalue weighted by Gasteiger charge is 2.48. The molecule has 0 spiro atoms. The first-order valence-electron chi connectivity index (χ1n) is 6.08. The summed E-state index contributed by atoms with van der Waals surface area (Å²) in [6.07, 6.45) is 3.04. The van der Waals surface area contributed by atoms with E-state index in [0.29, 0.717) is 13.2 Å². The van der Waals surface area contributed by atoms with E-state index in [4.69, 9.17) is 4.74 Å². The van der Waals surface area contributed by atoms with Crippen LogP contribution in [-0.2, 0) is 14.3 Å². The van der Waals surface area contributed by atoms with Gasteiger partial charge in [0.05, 0.1) is 18.4 Å². The first-order chi connectivity index (χ1) is 7.68. The Balaban J connectivity index is 2.02. The topological polar surface area (TPSA) is 55.4 Å². The Kier molecular flexibility index (Phi) is 3.28. The van der Waals surface area contributed by atoms with Crippen molar-refractivity contribution in [3.8, 4) is 0 Å². The van der Waals surface area contributed by atoms with E-state index in [1.165, 1.54) is 0 Å². The van der Waals surface area contributed by atoms with Crippen LogP contribution in [0, 0.1) is 11.3 Å². The number of hydrogen-bond donors (Lipinski definition) is 1. The third-order valence-electron chi connectivity index (χ3n) is 3.50. The maximum Gasteiger partial charge on any atom is 0.306 e. The summed E-state index contributed by atoms with van der Waals surface area (Å²) in [6, 6.07) is 0. The molecule has 0 radical (unpaired) electrons. The number of rotatable bonds is 5. The van der Waals surface area contributed by atoms with Gasteiger partial charge in [-0.2, -0.15) is 0 Å². The minimum Gasteiger partial charge on any atom is -0.466 e. The van der Waals surface area contributed by atoms with E-state index in [-0.39, 0.29) is 24.1 Å². The van der Waals surface area contributed by atoms with Gasteiger partial charge in [-0.1, -0.05) is 0 Å². The van der Waals surface area contributed by atoms with Crippen LogP contribution < -0.4 is 5.32 Å². The van der Waals surface area contributed by atoms with E-state index in [1.54, 1.807) is 6.92 Å². The molecule has 16 heavy (non-hydrogen) atoms. The molecule has 1 aliphatic carbocycles. The van der Waals surface area contributed by atoms with E-state index >= 15 is 0 Å². The lowest BCUT2D eigenvalue weighted by atomic mass is 9.77.